The Balaban J connectivity index is 1.31. The highest BCUT2D eigenvalue weighted by atomic mass is 35.5. The van der Waals surface area contributed by atoms with E-state index in [1.54, 1.807) is 18.2 Å². The van der Waals surface area contributed by atoms with E-state index < -0.39 is 36.3 Å². The van der Waals surface area contributed by atoms with Crippen LogP contribution >= 0.6 is 11.6 Å². The largest absolute Gasteiger partial charge is 0.491 e. The minimum absolute atomic E-state index is 0.177. The molecule has 9 heteroatoms. The van der Waals surface area contributed by atoms with Crippen molar-refractivity contribution in [1.29, 1.82) is 0 Å². The highest BCUT2D eigenvalue weighted by Gasteiger charge is 2.67. The van der Waals surface area contributed by atoms with Crippen LogP contribution in [0.5, 0.6) is 5.75 Å². The van der Waals surface area contributed by atoms with Gasteiger partial charge in [-0.15, -0.1) is 0 Å². The van der Waals surface area contributed by atoms with E-state index in [1.807, 2.05) is 24.3 Å². The number of benzene rings is 2. The van der Waals surface area contributed by atoms with E-state index in [0.29, 0.717) is 36.3 Å². The lowest BCUT2D eigenvalue weighted by atomic mass is 9.83. The van der Waals surface area contributed by atoms with Gasteiger partial charge in [-0.25, -0.2) is 0 Å². The summed E-state index contributed by atoms with van der Waals surface area (Å²) in [5.74, 6) is -0.964. The van der Waals surface area contributed by atoms with Crippen molar-refractivity contribution in [3.63, 3.8) is 0 Å². The average Bonchev–Trinajstić information content (AvgIpc) is 3.60. The minimum atomic E-state index is -1.72. The first-order valence-corrected chi connectivity index (χ1v) is 11.9. The molecule has 0 unspecified atom stereocenters. The molecule has 0 amide bonds. The molecule has 3 aliphatic rings. The third-order valence-electron chi connectivity index (χ3n) is 6.72. The molecule has 184 valence electrons. The van der Waals surface area contributed by atoms with Crippen molar-refractivity contribution in [2.45, 2.75) is 55.1 Å². The normalized spacial score (nSPS) is 32.7. The molecule has 4 N–H and O–H groups in total. The second-order valence-electron chi connectivity index (χ2n) is 9.21. The molecule has 8 nitrogen and oxygen atoms in total. The van der Waals surface area contributed by atoms with Gasteiger partial charge in [-0.3, -0.25) is 0 Å². The molecule has 2 aliphatic heterocycles. The van der Waals surface area contributed by atoms with E-state index in [2.05, 4.69) is 0 Å². The van der Waals surface area contributed by atoms with Crippen LogP contribution in [-0.2, 0) is 26.4 Å². The van der Waals surface area contributed by atoms with Gasteiger partial charge in [-0.2, -0.15) is 0 Å². The van der Waals surface area contributed by atoms with Crippen molar-refractivity contribution in [2.24, 2.45) is 0 Å². The van der Waals surface area contributed by atoms with Crippen LogP contribution in [0.25, 0.3) is 0 Å². The molecule has 5 atom stereocenters. The number of hydrogen-bond donors (Lipinski definition) is 4. The third kappa shape index (κ3) is 4.34. The Morgan fingerprint density at radius 3 is 2.47 bits per heavy atom. The van der Waals surface area contributed by atoms with Crippen LogP contribution in [0.4, 0.5) is 0 Å². The Bertz CT molecular complexity index is 1010. The molecular formula is C25H29ClO8. The summed E-state index contributed by atoms with van der Waals surface area (Å²) in [6.07, 6.45) is -1.41. The summed E-state index contributed by atoms with van der Waals surface area (Å²) in [5.41, 5.74) is 0.686. The van der Waals surface area contributed by atoms with Crippen molar-refractivity contribution >= 4 is 11.6 Å². The third-order valence-corrected chi connectivity index (χ3v) is 7.09. The van der Waals surface area contributed by atoms with E-state index in [1.165, 1.54) is 0 Å². The monoisotopic (exact) mass is 492 g/mol. The number of aliphatic hydroxyl groups is 4. The van der Waals surface area contributed by atoms with Gasteiger partial charge in [0.25, 0.3) is 0 Å². The Labute approximate surface area is 202 Å². The highest BCUT2D eigenvalue weighted by Crippen LogP contribution is 2.49. The van der Waals surface area contributed by atoms with Crippen LogP contribution in [-0.4, -0.2) is 76.9 Å². The predicted molar refractivity (Wildman–Crippen MR) is 122 cm³/mol. The van der Waals surface area contributed by atoms with E-state index >= 15 is 0 Å². The highest BCUT2D eigenvalue weighted by molar-refractivity contribution is 6.31. The van der Waals surface area contributed by atoms with Gasteiger partial charge in [0.15, 0.2) is 0 Å². The van der Waals surface area contributed by atoms with Crippen LogP contribution in [0.1, 0.15) is 29.5 Å². The molecule has 0 spiro atoms. The second-order valence-corrected chi connectivity index (χ2v) is 9.61. The van der Waals surface area contributed by atoms with E-state index in [0.717, 1.165) is 29.7 Å². The average molecular weight is 493 g/mol. The first kappa shape index (κ1) is 24.0. The van der Waals surface area contributed by atoms with Crippen LogP contribution < -0.4 is 4.74 Å². The number of hydrogen-bond acceptors (Lipinski definition) is 8. The fraction of sp³-hybridized carbons (Fsp3) is 0.520. The summed E-state index contributed by atoms with van der Waals surface area (Å²) in [4.78, 5) is 0. The lowest BCUT2D eigenvalue weighted by molar-refractivity contribution is -0.329. The molecule has 1 aliphatic carbocycles. The van der Waals surface area contributed by atoms with Crippen molar-refractivity contribution < 1.29 is 39.4 Å². The molecule has 0 aromatic heterocycles. The Kier molecular flexibility index (Phi) is 6.60. The van der Waals surface area contributed by atoms with Crippen LogP contribution in [0.2, 0.25) is 5.02 Å². The maximum Gasteiger partial charge on any atom is 0.225 e. The van der Waals surface area contributed by atoms with Crippen LogP contribution in [0.15, 0.2) is 42.5 Å². The SMILES string of the molecule is OC[C@@]12CO[C@@](c3ccc(Cl)c(Cc4ccc(OCCOC5CC5)cc4)c3)(O1)[C@H](O)[C@@H](O)[C@@H]2O. The first-order valence-electron chi connectivity index (χ1n) is 11.5. The molecule has 2 bridgehead atoms. The molecule has 34 heavy (non-hydrogen) atoms. The number of halogens is 1. The second kappa shape index (κ2) is 9.37. The molecule has 2 saturated heterocycles. The number of ether oxygens (including phenoxy) is 4. The summed E-state index contributed by atoms with van der Waals surface area (Å²) in [5, 5.41) is 41.9. The van der Waals surface area contributed by atoms with E-state index in [9.17, 15) is 20.4 Å². The maximum atomic E-state index is 10.8. The van der Waals surface area contributed by atoms with Gasteiger partial charge >= 0.3 is 0 Å². The van der Waals surface area contributed by atoms with Gasteiger partial charge in [-0.05, 0) is 54.7 Å². The molecule has 0 radical (unpaired) electrons. The van der Waals surface area contributed by atoms with Gasteiger partial charge in [0.2, 0.25) is 5.79 Å². The lowest BCUT2D eigenvalue weighted by Gasteiger charge is -2.46. The lowest BCUT2D eigenvalue weighted by Crippen LogP contribution is -2.65. The maximum absolute atomic E-state index is 10.8. The Morgan fingerprint density at radius 1 is 1.00 bits per heavy atom. The predicted octanol–water partition coefficient (Wildman–Crippen LogP) is 1.52. The van der Waals surface area contributed by atoms with Crippen molar-refractivity contribution in [3.05, 3.63) is 64.2 Å². The zero-order valence-corrected chi connectivity index (χ0v) is 19.4. The Hall–Kier alpha value is -1.75. The smallest absolute Gasteiger partial charge is 0.225 e. The molecular weight excluding hydrogens is 464 g/mol. The number of fused-ring (bicyclic) bond motifs is 2. The number of rotatable bonds is 9. The molecule has 2 aromatic carbocycles. The summed E-state index contributed by atoms with van der Waals surface area (Å²) in [6.45, 7) is 0.338. The van der Waals surface area contributed by atoms with Crippen LogP contribution in [0.3, 0.4) is 0 Å². The summed E-state index contributed by atoms with van der Waals surface area (Å²) in [7, 11) is 0. The fourth-order valence-electron chi connectivity index (χ4n) is 4.53. The number of aliphatic hydroxyl groups excluding tert-OH is 4. The van der Waals surface area contributed by atoms with E-state index in [-0.39, 0.29) is 6.61 Å². The van der Waals surface area contributed by atoms with Gasteiger partial charge in [0.05, 0.1) is 25.9 Å². The molecule has 2 heterocycles. The van der Waals surface area contributed by atoms with Gasteiger partial charge in [0.1, 0.15) is 36.3 Å². The van der Waals surface area contributed by atoms with Crippen molar-refractivity contribution in [2.75, 3.05) is 26.4 Å². The summed E-state index contributed by atoms with van der Waals surface area (Å²) in [6, 6.07) is 12.8. The topological polar surface area (TPSA) is 118 Å². The minimum Gasteiger partial charge on any atom is -0.491 e. The van der Waals surface area contributed by atoms with Crippen LogP contribution in [0, 0.1) is 0 Å². The molecule has 2 aromatic rings. The Morgan fingerprint density at radius 2 is 1.76 bits per heavy atom. The standard InChI is InChI=1S/C25H29ClO8/c26-20-8-3-17(25-23(30)21(28)22(29)24(13-27,34-25)14-33-25)12-16(20)11-15-1-4-18(5-2-15)31-9-10-32-19-6-7-19/h1-5,8,12,19,21-23,27-30H,6-7,9-11,13-14H2/t21-,22-,23+,24-,25-/m0/s1. The molecule has 5 rings (SSSR count). The van der Waals surface area contributed by atoms with Gasteiger partial charge in [0, 0.05) is 10.6 Å². The first-order chi connectivity index (χ1) is 16.4. The zero-order chi connectivity index (χ0) is 23.9. The fourth-order valence-corrected chi connectivity index (χ4v) is 4.72. The van der Waals surface area contributed by atoms with Crippen molar-refractivity contribution in [3.8, 4) is 5.75 Å². The molecule has 1 saturated carbocycles. The summed E-state index contributed by atoms with van der Waals surface area (Å²) < 4.78 is 23.0. The van der Waals surface area contributed by atoms with E-state index in [4.69, 9.17) is 30.5 Å². The molecule has 3 fully saturated rings. The van der Waals surface area contributed by atoms with Gasteiger partial charge < -0.3 is 39.4 Å². The van der Waals surface area contributed by atoms with Gasteiger partial charge in [-0.1, -0.05) is 29.8 Å². The quantitative estimate of drug-likeness (QED) is 0.389. The van der Waals surface area contributed by atoms with Crippen molar-refractivity contribution in [1.82, 2.24) is 0 Å². The summed E-state index contributed by atoms with van der Waals surface area (Å²) >= 11 is 6.46. The zero-order valence-electron chi connectivity index (χ0n) is 18.6.